The van der Waals surface area contributed by atoms with Gasteiger partial charge in [0.2, 0.25) is 5.91 Å². The van der Waals surface area contributed by atoms with Crippen molar-refractivity contribution in [3.8, 4) is 0 Å². The number of hydrogen-bond donors (Lipinski definition) is 2. The van der Waals surface area contributed by atoms with Crippen molar-refractivity contribution in [3.63, 3.8) is 0 Å². The molecular weight excluding hydrogens is 298 g/mol. The van der Waals surface area contributed by atoms with E-state index < -0.39 is 11.6 Å². The van der Waals surface area contributed by atoms with Gasteiger partial charge in [0, 0.05) is 17.8 Å². The van der Waals surface area contributed by atoms with Gasteiger partial charge < -0.3 is 10.6 Å². The number of nitrogens with one attached hydrogen (secondary N) is 2. The Kier molecular flexibility index (Phi) is 5.17. The molecule has 6 heteroatoms. The smallest absolute Gasteiger partial charge is 0.241 e. The standard InChI is InChI=1S/C15H18F2N2O.ClH/c16-11-6-5-10(8-12(11)17)18-15(20)14-7-9-3-1-2-4-13(9)19-14;/h5-6,8-9,13-14,19H,1-4,7H2,(H,18,20);1H. The highest BCUT2D eigenvalue weighted by Gasteiger charge is 2.38. The first-order chi connectivity index (χ1) is 9.63. The number of carbonyl (C=O) groups excluding carboxylic acids is 1. The molecule has 1 aliphatic heterocycles. The lowest BCUT2D eigenvalue weighted by Crippen LogP contribution is -2.39. The maximum absolute atomic E-state index is 13.1. The van der Waals surface area contributed by atoms with E-state index in [0.29, 0.717) is 17.6 Å². The number of halogens is 3. The van der Waals surface area contributed by atoms with Crippen molar-refractivity contribution < 1.29 is 13.6 Å². The molecule has 3 rings (SSSR count). The minimum atomic E-state index is -0.948. The summed E-state index contributed by atoms with van der Waals surface area (Å²) in [7, 11) is 0. The Morgan fingerprint density at radius 3 is 2.67 bits per heavy atom. The van der Waals surface area contributed by atoms with Gasteiger partial charge in [0.1, 0.15) is 0 Å². The molecule has 0 bridgehead atoms. The second kappa shape index (κ2) is 6.71. The van der Waals surface area contributed by atoms with E-state index >= 15 is 0 Å². The average Bonchev–Trinajstić information content (AvgIpc) is 2.87. The highest BCUT2D eigenvalue weighted by Crippen LogP contribution is 2.33. The van der Waals surface area contributed by atoms with Crippen LogP contribution in [0.25, 0.3) is 0 Å². The van der Waals surface area contributed by atoms with Crippen LogP contribution in [0.15, 0.2) is 18.2 Å². The summed E-state index contributed by atoms with van der Waals surface area (Å²) < 4.78 is 25.9. The Bertz CT molecular complexity index is 512. The summed E-state index contributed by atoms with van der Waals surface area (Å²) >= 11 is 0. The molecule has 1 saturated heterocycles. The summed E-state index contributed by atoms with van der Waals surface area (Å²) in [6.45, 7) is 0. The van der Waals surface area contributed by atoms with Gasteiger partial charge in [-0.15, -0.1) is 12.4 Å². The lowest BCUT2D eigenvalue weighted by Gasteiger charge is -2.24. The Hall–Kier alpha value is -1.20. The molecule has 3 nitrogen and oxygen atoms in total. The van der Waals surface area contributed by atoms with E-state index in [1.54, 1.807) is 0 Å². The largest absolute Gasteiger partial charge is 0.325 e. The van der Waals surface area contributed by atoms with Crippen molar-refractivity contribution in [3.05, 3.63) is 29.8 Å². The van der Waals surface area contributed by atoms with Crippen LogP contribution in [0.5, 0.6) is 0 Å². The second-order valence-electron chi connectivity index (χ2n) is 5.72. The molecule has 1 amide bonds. The van der Waals surface area contributed by atoms with E-state index in [9.17, 15) is 13.6 Å². The van der Waals surface area contributed by atoms with Crippen LogP contribution in [0.4, 0.5) is 14.5 Å². The normalized spacial score (nSPS) is 27.6. The molecule has 0 aromatic heterocycles. The van der Waals surface area contributed by atoms with E-state index in [0.717, 1.165) is 25.0 Å². The molecule has 1 saturated carbocycles. The summed E-state index contributed by atoms with van der Waals surface area (Å²) in [5.41, 5.74) is 0.297. The van der Waals surface area contributed by atoms with Crippen LogP contribution in [0.2, 0.25) is 0 Å². The molecule has 2 aliphatic rings. The number of fused-ring (bicyclic) bond motifs is 1. The van der Waals surface area contributed by atoms with Gasteiger partial charge in [0.15, 0.2) is 11.6 Å². The molecule has 3 atom stereocenters. The molecule has 2 fully saturated rings. The van der Waals surface area contributed by atoms with Crippen molar-refractivity contribution in [2.75, 3.05) is 5.32 Å². The molecule has 1 aliphatic carbocycles. The van der Waals surface area contributed by atoms with Gasteiger partial charge in [-0.05, 0) is 37.3 Å². The molecule has 21 heavy (non-hydrogen) atoms. The third-order valence-electron chi connectivity index (χ3n) is 4.37. The lowest BCUT2D eigenvalue weighted by atomic mass is 9.85. The summed E-state index contributed by atoms with van der Waals surface area (Å²) in [5.74, 6) is -1.45. The predicted octanol–water partition coefficient (Wildman–Crippen LogP) is 3.25. The van der Waals surface area contributed by atoms with Crippen molar-refractivity contribution >= 4 is 24.0 Å². The van der Waals surface area contributed by atoms with Gasteiger partial charge in [-0.25, -0.2) is 8.78 Å². The topological polar surface area (TPSA) is 41.1 Å². The number of rotatable bonds is 2. The van der Waals surface area contributed by atoms with Gasteiger partial charge in [-0.2, -0.15) is 0 Å². The minimum absolute atomic E-state index is 0. The van der Waals surface area contributed by atoms with E-state index in [-0.39, 0.29) is 24.4 Å². The van der Waals surface area contributed by atoms with E-state index in [2.05, 4.69) is 10.6 Å². The van der Waals surface area contributed by atoms with Gasteiger partial charge >= 0.3 is 0 Å². The fourth-order valence-electron chi connectivity index (χ4n) is 3.32. The summed E-state index contributed by atoms with van der Waals surface area (Å²) in [5, 5.41) is 6.01. The van der Waals surface area contributed by atoms with Crippen LogP contribution in [-0.4, -0.2) is 18.0 Å². The Morgan fingerprint density at radius 1 is 1.19 bits per heavy atom. The third-order valence-corrected chi connectivity index (χ3v) is 4.37. The van der Waals surface area contributed by atoms with Gasteiger partial charge in [-0.1, -0.05) is 12.8 Å². The summed E-state index contributed by atoms with van der Waals surface area (Å²) in [4.78, 5) is 12.2. The molecule has 0 radical (unpaired) electrons. The predicted molar refractivity (Wildman–Crippen MR) is 79.5 cm³/mol. The SMILES string of the molecule is Cl.O=C(Nc1ccc(F)c(F)c1)C1CC2CCCCC2N1. The van der Waals surface area contributed by atoms with Crippen molar-refractivity contribution in [2.45, 2.75) is 44.2 Å². The molecule has 1 heterocycles. The number of anilines is 1. The minimum Gasteiger partial charge on any atom is -0.325 e. The fraction of sp³-hybridized carbons (Fsp3) is 0.533. The zero-order valence-electron chi connectivity index (χ0n) is 11.6. The molecule has 1 aromatic carbocycles. The highest BCUT2D eigenvalue weighted by molar-refractivity contribution is 5.95. The Balaban J connectivity index is 0.00000161. The summed E-state index contributed by atoms with van der Waals surface area (Å²) in [6.07, 6.45) is 5.58. The molecule has 116 valence electrons. The highest BCUT2D eigenvalue weighted by atomic mass is 35.5. The van der Waals surface area contributed by atoms with Crippen LogP contribution >= 0.6 is 12.4 Å². The monoisotopic (exact) mass is 316 g/mol. The average molecular weight is 317 g/mol. The van der Waals surface area contributed by atoms with Gasteiger partial charge in [-0.3, -0.25) is 4.79 Å². The lowest BCUT2D eigenvalue weighted by molar-refractivity contribution is -0.117. The Morgan fingerprint density at radius 2 is 1.95 bits per heavy atom. The molecule has 1 aromatic rings. The first-order valence-electron chi connectivity index (χ1n) is 7.15. The van der Waals surface area contributed by atoms with Gasteiger partial charge in [0.05, 0.1) is 6.04 Å². The van der Waals surface area contributed by atoms with Crippen LogP contribution in [0.3, 0.4) is 0 Å². The van der Waals surface area contributed by atoms with E-state index in [4.69, 9.17) is 0 Å². The molecule has 3 unspecified atom stereocenters. The van der Waals surface area contributed by atoms with E-state index in [1.807, 2.05) is 0 Å². The molecule has 0 spiro atoms. The summed E-state index contributed by atoms with van der Waals surface area (Å²) in [6, 6.07) is 3.61. The van der Waals surface area contributed by atoms with Crippen LogP contribution in [0, 0.1) is 17.6 Å². The van der Waals surface area contributed by atoms with Gasteiger partial charge in [0.25, 0.3) is 0 Å². The maximum Gasteiger partial charge on any atom is 0.241 e. The first kappa shape index (κ1) is 16.2. The number of benzene rings is 1. The number of carbonyl (C=O) groups is 1. The van der Waals surface area contributed by atoms with Crippen LogP contribution in [0.1, 0.15) is 32.1 Å². The number of amides is 1. The molecular formula is C15H19ClF2N2O. The van der Waals surface area contributed by atoms with Crippen molar-refractivity contribution in [1.29, 1.82) is 0 Å². The van der Waals surface area contributed by atoms with Crippen molar-refractivity contribution in [2.24, 2.45) is 5.92 Å². The second-order valence-corrected chi connectivity index (χ2v) is 5.72. The molecule has 2 N–H and O–H groups in total. The number of hydrogen-bond acceptors (Lipinski definition) is 2. The quantitative estimate of drug-likeness (QED) is 0.879. The Labute approximate surface area is 128 Å². The third kappa shape index (κ3) is 3.52. The van der Waals surface area contributed by atoms with Crippen molar-refractivity contribution in [1.82, 2.24) is 5.32 Å². The fourth-order valence-corrected chi connectivity index (χ4v) is 3.32. The maximum atomic E-state index is 13.1. The van der Waals surface area contributed by atoms with Crippen LogP contribution < -0.4 is 10.6 Å². The zero-order chi connectivity index (χ0) is 14.1. The first-order valence-corrected chi connectivity index (χ1v) is 7.15. The van der Waals surface area contributed by atoms with E-state index in [1.165, 1.54) is 25.3 Å². The van der Waals surface area contributed by atoms with Crippen LogP contribution in [-0.2, 0) is 4.79 Å². The zero-order valence-corrected chi connectivity index (χ0v) is 12.4.